The highest BCUT2D eigenvalue weighted by Crippen LogP contribution is 2.38. The van der Waals surface area contributed by atoms with E-state index in [1.54, 1.807) is 7.11 Å². The lowest BCUT2D eigenvalue weighted by atomic mass is 9.88. The molecule has 0 spiro atoms. The molecule has 0 aliphatic rings. The molecule has 4 aromatic rings. The van der Waals surface area contributed by atoms with Crippen LogP contribution in [0, 0.1) is 0 Å². The fourth-order valence-corrected chi connectivity index (χ4v) is 6.00. The predicted octanol–water partition coefficient (Wildman–Crippen LogP) is 5.41. The van der Waals surface area contributed by atoms with Gasteiger partial charge in [-0.25, -0.2) is 0 Å². The Morgan fingerprint density at radius 3 is 1.81 bits per heavy atom. The molecule has 1 atom stereocenters. The first-order valence-electron chi connectivity index (χ1n) is 10.7. The molecule has 0 saturated carbocycles. The Labute approximate surface area is 190 Å². The first-order chi connectivity index (χ1) is 15.6. The lowest BCUT2D eigenvalue weighted by Crippen LogP contribution is -2.31. The summed E-state index contributed by atoms with van der Waals surface area (Å²) in [6.07, 6.45) is 0.750. The lowest BCUT2D eigenvalue weighted by Gasteiger charge is -2.29. The van der Waals surface area contributed by atoms with Gasteiger partial charge in [0.05, 0.1) is 7.11 Å². The Balaban J connectivity index is 1.70. The second-order valence-electron chi connectivity index (χ2n) is 7.84. The summed E-state index contributed by atoms with van der Waals surface area (Å²) in [6, 6.07) is 34.7. The number of rotatable bonds is 8. The zero-order valence-electron chi connectivity index (χ0n) is 18.1. The van der Waals surface area contributed by atoms with Gasteiger partial charge in [-0.3, -0.25) is 0 Å². The zero-order chi connectivity index (χ0) is 22.4. The smallest absolute Gasteiger partial charge is 0.122 e. The highest BCUT2D eigenvalue weighted by Gasteiger charge is 2.34. The minimum Gasteiger partial charge on any atom is -0.496 e. The van der Waals surface area contributed by atoms with Crippen molar-refractivity contribution in [3.63, 3.8) is 0 Å². The maximum absolute atomic E-state index is 13.8. The van der Waals surface area contributed by atoms with Crippen LogP contribution >= 0.6 is 7.80 Å². The van der Waals surface area contributed by atoms with E-state index >= 15 is 0 Å². The van der Waals surface area contributed by atoms with Crippen molar-refractivity contribution in [1.82, 2.24) is 0 Å². The second kappa shape index (κ2) is 9.99. The third kappa shape index (κ3) is 4.70. The van der Waals surface area contributed by atoms with E-state index in [0.717, 1.165) is 33.3 Å². The maximum Gasteiger partial charge on any atom is 0.122 e. The molecule has 32 heavy (non-hydrogen) atoms. The quantitative estimate of drug-likeness (QED) is 0.371. The topological polar surface area (TPSA) is 46.5 Å². The summed E-state index contributed by atoms with van der Waals surface area (Å²) in [6.45, 7) is 0. The van der Waals surface area contributed by atoms with E-state index < -0.39 is 13.4 Å². The molecule has 162 valence electrons. The molecular formula is C28H27O3P. The van der Waals surface area contributed by atoms with Crippen LogP contribution in [-0.4, -0.2) is 18.4 Å². The number of ether oxygens (including phenoxy) is 1. The van der Waals surface area contributed by atoms with Gasteiger partial charge in [0.15, 0.2) is 0 Å². The molecule has 0 radical (unpaired) electrons. The van der Waals surface area contributed by atoms with Gasteiger partial charge < -0.3 is 14.4 Å². The summed E-state index contributed by atoms with van der Waals surface area (Å²) in [7, 11) is -0.667. The fourth-order valence-electron chi connectivity index (χ4n) is 4.13. The third-order valence-electron chi connectivity index (χ3n) is 5.81. The van der Waals surface area contributed by atoms with Crippen LogP contribution in [0.1, 0.15) is 22.3 Å². The summed E-state index contributed by atoms with van der Waals surface area (Å²) in [4.78, 5) is 0. The molecule has 0 aromatic heterocycles. The molecule has 4 aromatic carbocycles. The van der Waals surface area contributed by atoms with E-state index in [4.69, 9.17) is 4.74 Å². The third-order valence-corrected chi connectivity index (χ3v) is 7.73. The van der Waals surface area contributed by atoms with E-state index in [1.165, 1.54) is 0 Å². The van der Waals surface area contributed by atoms with E-state index in [0.29, 0.717) is 6.42 Å². The fraction of sp³-hybridized carbons (Fsp3) is 0.143. The Kier molecular flexibility index (Phi) is 6.90. The number of hydrogen-bond donors (Lipinski definition) is 1. The van der Waals surface area contributed by atoms with Crippen molar-refractivity contribution in [2.45, 2.75) is 12.0 Å². The van der Waals surface area contributed by atoms with Gasteiger partial charge in [-0.2, -0.15) is 0 Å². The summed E-state index contributed by atoms with van der Waals surface area (Å²) in [5.74, 6) is 0.812. The van der Waals surface area contributed by atoms with Crippen LogP contribution in [-0.2, 0) is 16.6 Å². The summed E-state index contributed by atoms with van der Waals surface area (Å²) >= 11 is 0. The van der Waals surface area contributed by atoms with Crippen LogP contribution in [0.3, 0.4) is 0 Å². The van der Waals surface area contributed by atoms with Crippen molar-refractivity contribution in [3.8, 4) is 5.75 Å². The summed E-state index contributed by atoms with van der Waals surface area (Å²) in [5.41, 5.74) is 2.18. The minimum absolute atomic E-state index is 0.134. The van der Waals surface area contributed by atoms with Gasteiger partial charge in [0.25, 0.3) is 0 Å². The van der Waals surface area contributed by atoms with E-state index in [9.17, 15) is 9.67 Å². The van der Waals surface area contributed by atoms with Crippen molar-refractivity contribution < 1.29 is 14.4 Å². The van der Waals surface area contributed by atoms with Gasteiger partial charge in [-0.05, 0) is 28.3 Å². The van der Waals surface area contributed by atoms with Gasteiger partial charge in [0.2, 0.25) is 0 Å². The van der Waals surface area contributed by atoms with Gasteiger partial charge in [-0.1, -0.05) is 103 Å². The van der Waals surface area contributed by atoms with Crippen molar-refractivity contribution >= 4 is 13.1 Å². The van der Waals surface area contributed by atoms with Crippen LogP contribution in [0.25, 0.3) is 0 Å². The van der Waals surface area contributed by atoms with Crippen molar-refractivity contribution in [2.24, 2.45) is 0 Å². The summed E-state index contributed by atoms with van der Waals surface area (Å²) in [5, 5.41) is 12.7. The average molecular weight is 442 g/mol. The minimum atomic E-state index is -2.33. The van der Waals surface area contributed by atoms with Crippen LogP contribution in [0.4, 0.5) is 0 Å². The molecule has 0 aliphatic heterocycles. The number of hydrogen-bond acceptors (Lipinski definition) is 3. The predicted molar refractivity (Wildman–Crippen MR) is 132 cm³/mol. The first kappa shape index (κ1) is 22.1. The molecule has 0 bridgehead atoms. The molecule has 0 aliphatic carbocycles. The second-order valence-corrected chi connectivity index (χ2v) is 9.58. The molecule has 1 N–H and O–H groups in total. The molecule has 0 amide bonds. The molecule has 4 rings (SSSR count). The lowest BCUT2D eigenvalue weighted by molar-refractivity contribution is 0.106. The van der Waals surface area contributed by atoms with Crippen LogP contribution in [0.15, 0.2) is 109 Å². The highest BCUT2D eigenvalue weighted by molar-refractivity contribution is 7.53. The zero-order valence-corrected chi connectivity index (χ0v) is 19.1. The summed E-state index contributed by atoms with van der Waals surface area (Å²) < 4.78 is 19.3. The largest absolute Gasteiger partial charge is 0.496 e. The Hall–Kier alpha value is -3.13. The Morgan fingerprint density at radius 2 is 1.22 bits per heavy atom. The molecule has 0 saturated heterocycles. The Bertz CT molecular complexity index is 1150. The molecule has 3 nitrogen and oxygen atoms in total. The Morgan fingerprint density at radius 1 is 0.719 bits per heavy atom. The van der Waals surface area contributed by atoms with Gasteiger partial charge >= 0.3 is 0 Å². The number of methoxy groups -OCH3 is 1. The van der Waals surface area contributed by atoms with E-state index in [2.05, 4.69) is 0 Å². The highest BCUT2D eigenvalue weighted by atomic mass is 31.1. The molecule has 0 heterocycles. The van der Waals surface area contributed by atoms with Gasteiger partial charge in [0, 0.05) is 17.9 Å². The monoisotopic (exact) mass is 442 g/mol. The van der Waals surface area contributed by atoms with Crippen LogP contribution in [0.2, 0.25) is 0 Å². The van der Waals surface area contributed by atoms with Crippen molar-refractivity contribution in [3.05, 3.63) is 131 Å². The van der Waals surface area contributed by atoms with Crippen molar-refractivity contribution in [1.29, 1.82) is 0 Å². The van der Waals surface area contributed by atoms with Crippen molar-refractivity contribution in [2.75, 3.05) is 13.3 Å². The number of benzene rings is 4. The van der Waals surface area contributed by atoms with Crippen LogP contribution in [0.5, 0.6) is 5.75 Å². The number of aliphatic hydroxyl groups is 1. The van der Waals surface area contributed by atoms with Gasteiger partial charge in [-0.15, -0.1) is 0 Å². The molecule has 4 heteroatoms. The standard InChI is InChI=1S/C28H27O3P/c1-31-26-18-10-8-12-22(26)20-23-13-9-11-19-27(23)32(30)21-28(29,24-14-4-2-5-15-24)25-16-6-3-7-17-25/h2-19,29,32H,20-21H2,1H3. The van der Waals surface area contributed by atoms with Crippen LogP contribution < -0.4 is 10.0 Å². The van der Waals surface area contributed by atoms with Gasteiger partial charge in [0.1, 0.15) is 19.2 Å². The normalized spacial score (nSPS) is 12.3. The maximum atomic E-state index is 13.8. The molecule has 1 unspecified atom stereocenters. The first-order valence-corrected chi connectivity index (χ1v) is 12.3. The molecule has 0 fully saturated rings. The average Bonchev–Trinajstić information content (AvgIpc) is 2.85. The van der Waals surface area contributed by atoms with E-state index in [-0.39, 0.29) is 6.16 Å². The van der Waals surface area contributed by atoms with E-state index in [1.807, 2.05) is 109 Å². The number of para-hydroxylation sites is 1. The molecular weight excluding hydrogens is 415 g/mol. The SMILES string of the molecule is COc1ccccc1Cc1ccccc1[PH](=O)CC(O)(c1ccccc1)c1ccccc1.